The van der Waals surface area contributed by atoms with Crippen LogP contribution in [0.4, 0.5) is 0 Å². The number of rotatable bonds is 4. The van der Waals surface area contributed by atoms with Crippen LogP contribution in [0.1, 0.15) is 26.2 Å². The summed E-state index contributed by atoms with van der Waals surface area (Å²) in [5.74, 6) is 0. The van der Waals surface area contributed by atoms with Crippen LogP contribution in [0, 0.1) is 0 Å². The van der Waals surface area contributed by atoms with Crippen molar-refractivity contribution in [2.75, 3.05) is 39.8 Å². The van der Waals surface area contributed by atoms with Gasteiger partial charge < -0.3 is 10.2 Å². The average Bonchev–Trinajstić information content (AvgIpc) is 2.14. The van der Waals surface area contributed by atoms with Crippen molar-refractivity contribution in [1.82, 2.24) is 15.1 Å². The number of hydrogen-bond donors (Lipinski definition) is 1. The van der Waals surface area contributed by atoms with Crippen molar-refractivity contribution < 1.29 is 0 Å². The lowest BCUT2D eigenvalue weighted by Crippen LogP contribution is -2.62. The van der Waals surface area contributed by atoms with Crippen LogP contribution >= 0.6 is 0 Å². The number of likely N-dealkylation sites (tertiary alicyclic amines) is 1. The zero-order valence-electron chi connectivity index (χ0n) is 10.2. The van der Waals surface area contributed by atoms with Crippen molar-refractivity contribution in [2.24, 2.45) is 0 Å². The van der Waals surface area contributed by atoms with Crippen LogP contribution in [0.15, 0.2) is 0 Å². The number of piperidine rings is 1. The molecule has 2 fully saturated rings. The first kappa shape index (κ1) is 11.4. The summed E-state index contributed by atoms with van der Waals surface area (Å²) in [5, 5.41) is 3.40. The van der Waals surface area contributed by atoms with Gasteiger partial charge in [-0.05, 0) is 39.4 Å². The quantitative estimate of drug-likeness (QED) is 0.741. The second-order valence-corrected chi connectivity index (χ2v) is 5.11. The molecule has 3 heteroatoms. The Bertz CT molecular complexity index is 191. The monoisotopic (exact) mass is 211 g/mol. The molecule has 0 bridgehead atoms. The molecule has 0 amide bonds. The van der Waals surface area contributed by atoms with Crippen molar-refractivity contribution in [3.8, 4) is 0 Å². The Kier molecular flexibility index (Phi) is 4.00. The molecule has 2 aliphatic heterocycles. The van der Waals surface area contributed by atoms with Crippen LogP contribution in [0.5, 0.6) is 0 Å². The van der Waals surface area contributed by atoms with E-state index >= 15 is 0 Å². The first-order valence-corrected chi connectivity index (χ1v) is 6.46. The first-order valence-electron chi connectivity index (χ1n) is 6.46. The molecule has 0 saturated carbocycles. The Morgan fingerprint density at radius 2 is 2.13 bits per heavy atom. The van der Waals surface area contributed by atoms with Crippen molar-refractivity contribution in [3.05, 3.63) is 0 Å². The third kappa shape index (κ3) is 2.71. The van der Waals surface area contributed by atoms with E-state index in [9.17, 15) is 0 Å². The molecule has 2 rings (SSSR count). The molecule has 0 aromatic carbocycles. The third-order valence-electron chi connectivity index (χ3n) is 3.78. The molecule has 2 heterocycles. The Morgan fingerprint density at radius 1 is 1.33 bits per heavy atom. The highest BCUT2D eigenvalue weighted by molar-refractivity contribution is 4.90. The van der Waals surface area contributed by atoms with Crippen molar-refractivity contribution >= 4 is 0 Å². The maximum atomic E-state index is 3.40. The van der Waals surface area contributed by atoms with Crippen molar-refractivity contribution in [2.45, 2.75) is 38.3 Å². The standard InChI is InChI=1S/C12H25N3/c1-3-6-15(12-8-13-9-12)11-5-4-7-14(2)10-11/h11-13H,3-10H2,1-2H3. The maximum Gasteiger partial charge on any atom is 0.0348 e. The van der Waals surface area contributed by atoms with Gasteiger partial charge in [0.2, 0.25) is 0 Å². The molecular weight excluding hydrogens is 186 g/mol. The fraction of sp³-hybridized carbons (Fsp3) is 1.00. The maximum absolute atomic E-state index is 3.40. The van der Waals surface area contributed by atoms with E-state index in [1.54, 1.807) is 0 Å². The predicted octanol–water partition coefficient (Wildman–Crippen LogP) is 0.764. The molecule has 1 N–H and O–H groups in total. The van der Waals surface area contributed by atoms with Crippen molar-refractivity contribution in [1.29, 1.82) is 0 Å². The van der Waals surface area contributed by atoms with Gasteiger partial charge in [-0.3, -0.25) is 4.90 Å². The summed E-state index contributed by atoms with van der Waals surface area (Å²) >= 11 is 0. The van der Waals surface area contributed by atoms with Gasteiger partial charge in [-0.15, -0.1) is 0 Å². The number of nitrogens with one attached hydrogen (secondary N) is 1. The molecule has 88 valence electrons. The summed E-state index contributed by atoms with van der Waals surface area (Å²) in [5.41, 5.74) is 0. The van der Waals surface area contributed by atoms with Crippen molar-refractivity contribution in [3.63, 3.8) is 0 Å². The smallest absolute Gasteiger partial charge is 0.0348 e. The first-order chi connectivity index (χ1) is 7.31. The van der Waals surface area contributed by atoms with Gasteiger partial charge in [0, 0.05) is 31.7 Å². The highest BCUT2D eigenvalue weighted by Gasteiger charge is 2.31. The largest absolute Gasteiger partial charge is 0.314 e. The van der Waals surface area contributed by atoms with Gasteiger partial charge in [-0.25, -0.2) is 0 Å². The topological polar surface area (TPSA) is 18.5 Å². The van der Waals surface area contributed by atoms with E-state index in [1.165, 1.54) is 52.0 Å². The Morgan fingerprint density at radius 3 is 2.67 bits per heavy atom. The van der Waals surface area contributed by atoms with Gasteiger partial charge in [0.05, 0.1) is 0 Å². The van der Waals surface area contributed by atoms with Gasteiger partial charge in [-0.2, -0.15) is 0 Å². The number of hydrogen-bond acceptors (Lipinski definition) is 3. The number of nitrogens with zero attached hydrogens (tertiary/aromatic N) is 2. The van der Waals surface area contributed by atoms with Gasteiger partial charge in [0.1, 0.15) is 0 Å². The Labute approximate surface area is 93.8 Å². The highest BCUT2D eigenvalue weighted by atomic mass is 15.3. The van der Waals surface area contributed by atoms with E-state index in [4.69, 9.17) is 0 Å². The van der Waals surface area contributed by atoms with Crippen LogP contribution in [0.3, 0.4) is 0 Å². The van der Waals surface area contributed by atoms with Gasteiger partial charge in [0.15, 0.2) is 0 Å². The molecule has 0 spiro atoms. The van der Waals surface area contributed by atoms with Crippen LogP contribution in [-0.4, -0.2) is 61.7 Å². The molecular formula is C12H25N3. The normalized spacial score (nSPS) is 29.4. The lowest BCUT2D eigenvalue weighted by molar-refractivity contribution is 0.0515. The zero-order chi connectivity index (χ0) is 10.7. The Hall–Kier alpha value is -0.120. The summed E-state index contributed by atoms with van der Waals surface area (Å²) < 4.78 is 0. The minimum absolute atomic E-state index is 0.816. The molecule has 2 saturated heterocycles. The lowest BCUT2D eigenvalue weighted by atomic mass is 10.00. The molecule has 15 heavy (non-hydrogen) atoms. The van der Waals surface area contributed by atoms with Gasteiger partial charge in [0.25, 0.3) is 0 Å². The summed E-state index contributed by atoms with van der Waals surface area (Å²) in [4.78, 5) is 5.25. The van der Waals surface area contributed by atoms with Crippen LogP contribution in [0.25, 0.3) is 0 Å². The van der Waals surface area contributed by atoms with E-state index in [-0.39, 0.29) is 0 Å². The van der Waals surface area contributed by atoms with Crippen LogP contribution < -0.4 is 5.32 Å². The minimum atomic E-state index is 0.816. The van der Waals surface area contributed by atoms with E-state index in [1.807, 2.05) is 0 Å². The second-order valence-electron chi connectivity index (χ2n) is 5.11. The van der Waals surface area contributed by atoms with Crippen LogP contribution in [-0.2, 0) is 0 Å². The Balaban J connectivity index is 1.90. The summed E-state index contributed by atoms with van der Waals surface area (Å²) in [6.07, 6.45) is 4.07. The molecule has 0 aromatic heterocycles. The fourth-order valence-electron chi connectivity index (χ4n) is 2.84. The summed E-state index contributed by atoms with van der Waals surface area (Å²) in [6, 6.07) is 1.64. The van der Waals surface area contributed by atoms with E-state index < -0.39 is 0 Å². The lowest BCUT2D eigenvalue weighted by Gasteiger charge is -2.45. The molecule has 0 radical (unpaired) electrons. The number of likely N-dealkylation sites (N-methyl/N-ethyl adjacent to an activating group) is 1. The zero-order valence-corrected chi connectivity index (χ0v) is 10.2. The SMILES string of the molecule is CCCN(C1CNC1)C1CCCN(C)C1. The van der Waals surface area contributed by atoms with Crippen LogP contribution in [0.2, 0.25) is 0 Å². The van der Waals surface area contributed by atoms with E-state index in [0.717, 1.165) is 12.1 Å². The molecule has 1 atom stereocenters. The molecule has 0 aromatic rings. The summed E-state index contributed by atoms with van der Waals surface area (Å²) in [6.45, 7) is 8.56. The summed E-state index contributed by atoms with van der Waals surface area (Å²) in [7, 11) is 2.26. The molecule has 0 aliphatic carbocycles. The fourth-order valence-corrected chi connectivity index (χ4v) is 2.84. The van der Waals surface area contributed by atoms with E-state index in [2.05, 4.69) is 29.1 Å². The van der Waals surface area contributed by atoms with Gasteiger partial charge >= 0.3 is 0 Å². The molecule has 1 unspecified atom stereocenters. The predicted molar refractivity (Wildman–Crippen MR) is 64.2 cm³/mol. The highest BCUT2D eigenvalue weighted by Crippen LogP contribution is 2.19. The minimum Gasteiger partial charge on any atom is -0.314 e. The van der Waals surface area contributed by atoms with E-state index in [0.29, 0.717) is 0 Å². The van der Waals surface area contributed by atoms with Gasteiger partial charge in [-0.1, -0.05) is 6.92 Å². The average molecular weight is 211 g/mol. The molecule has 3 nitrogen and oxygen atoms in total. The third-order valence-corrected chi connectivity index (χ3v) is 3.78. The second kappa shape index (κ2) is 5.28. The molecule has 2 aliphatic rings.